The molecule has 3 rings (SSSR count). The number of aromatic nitrogens is 2. The van der Waals surface area contributed by atoms with Crippen LogP contribution in [0.2, 0.25) is 0 Å². The molecule has 0 atom stereocenters. The summed E-state index contributed by atoms with van der Waals surface area (Å²) in [6.45, 7) is 1.10. The Bertz CT molecular complexity index is 996. The van der Waals surface area contributed by atoms with Gasteiger partial charge >= 0.3 is 0 Å². The first-order chi connectivity index (χ1) is 13.8. The third-order valence-electron chi connectivity index (χ3n) is 3.91. The first-order valence-corrected chi connectivity index (χ1v) is 9.52. The van der Waals surface area contributed by atoms with Crippen molar-refractivity contribution in [2.45, 2.75) is 0 Å². The molecule has 2 heterocycles. The molecule has 0 saturated carbocycles. The number of hydrogen-bond acceptors (Lipinski definition) is 7. The van der Waals surface area contributed by atoms with Gasteiger partial charge < -0.3 is 14.2 Å². The lowest BCUT2D eigenvalue weighted by atomic mass is 10.1. The monoisotopic (exact) mass is 398 g/mol. The minimum Gasteiger partial charge on any atom is -0.497 e. The van der Waals surface area contributed by atoms with E-state index in [0.29, 0.717) is 18.9 Å². The van der Waals surface area contributed by atoms with Crippen molar-refractivity contribution in [3.63, 3.8) is 0 Å². The molecule has 8 heteroatoms. The number of methoxy groups -OCH3 is 3. The van der Waals surface area contributed by atoms with E-state index in [1.807, 2.05) is 41.8 Å². The van der Waals surface area contributed by atoms with Crippen LogP contribution < -0.4 is 14.3 Å². The van der Waals surface area contributed by atoms with Gasteiger partial charge in [-0.3, -0.25) is 9.98 Å². The summed E-state index contributed by atoms with van der Waals surface area (Å²) in [7, 11) is 4.92. The van der Waals surface area contributed by atoms with Crippen LogP contribution in [0.4, 0.5) is 0 Å². The van der Waals surface area contributed by atoms with Crippen molar-refractivity contribution >= 4 is 17.6 Å². The number of rotatable bonds is 8. The Labute approximate surface area is 167 Å². The smallest absolute Gasteiger partial charge is 0.206 e. The Morgan fingerprint density at radius 3 is 2.75 bits per heavy atom. The van der Waals surface area contributed by atoms with E-state index in [1.165, 1.54) is 11.3 Å². The Morgan fingerprint density at radius 2 is 2.04 bits per heavy atom. The fourth-order valence-electron chi connectivity index (χ4n) is 2.52. The Balaban J connectivity index is 2.09. The van der Waals surface area contributed by atoms with Crippen molar-refractivity contribution in [3.05, 3.63) is 58.5 Å². The van der Waals surface area contributed by atoms with Crippen LogP contribution in [0.5, 0.6) is 11.5 Å². The minimum absolute atomic E-state index is 0.545. The molecule has 0 spiro atoms. The molecule has 0 saturated heterocycles. The lowest BCUT2D eigenvalue weighted by molar-refractivity contribution is 0.207. The van der Waals surface area contributed by atoms with Crippen molar-refractivity contribution in [1.29, 1.82) is 0 Å². The number of thiazole rings is 1. The van der Waals surface area contributed by atoms with E-state index < -0.39 is 0 Å². The summed E-state index contributed by atoms with van der Waals surface area (Å²) < 4.78 is 17.8. The predicted octanol–water partition coefficient (Wildman–Crippen LogP) is 3.06. The zero-order valence-corrected chi connectivity index (χ0v) is 16.8. The van der Waals surface area contributed by atoms with Gasteiger partial charge in [0.2, 0.25) is 4.80 Å². The maximum absolute atomic E-state index is 5.56. The molecule has 146 valence electrons. The van der Waals surface area contributed by atoms with Gasteiger partial charge in [0, 0.05) is 30.3 Å². The molecule has 3 aromatic rings. The van der Waals surface area contributed by atoms with Gasteiger partial charge in [-0.25, -0.2) is 4.68 Å². The minimum atomic E-state index is 0.545. The molecule has 0 aliphatic heterocycles. The summed E-state index contributed by atoms with van der Waals surface area (Å²) in [5.41, 5.74) is 2.52. The number of ether oxygens (including phenoxy) is 3. The van der Waals surface area contributed by atoms with Crippen LogP contribution in [0.25, 0.3) is 11.3 Å². The number of nitrogens with zero attached hydrogens (tertiary/aromatic N) is 4. The summed E-state index contributed by atoms with van der Waals surface area (Å²) in [5, 5.41) is 6.63. The second kappa shape index (κ2) is 9.82. The van der Waals surface area contributed by atoms with Crippen LogP contribution in [-0.4, -0.2) is 50.4 Å². The van der Waals surface area contributed by atoms with Gasteiger partial charge in [0.05, 0.1) is 45.0 Å². The molecule has 0 aliphatic rings. The van der Waals surface area contributed by atoms with E-state index in [2.05, 4.69) is 15.1 Å². The van der Waals surface area contributed by atoms with Crippen LogP contribution in [0.3, 0.4) is 0 Å². The van der Waals surface area contributed by atoms with E-state index in [-0.39, 0.29) is 0 Å². The molecule has 0 unspecified atom stereocenters. The summed E-state index contributed by atoms with van der Waals surface area (Å²) in [6.07, 6.45) is 3.44. The summed E-state index contributed by atoms with van der Waals surface area (Å²) in [5.74, 6) is 1.42. The lowest BCUT2D eigenvalue weighted by Crippen LogP contribution is -2.14. The molecule has 2 aromatic heterocycles. The van der Waals surface area contributed by atoms with E-state index in [0.717, 1.165) is 27.5 Å². The topological polar surface area (TPSA) is 70.2 Å². The third-order valence-corrected chi connectivity index (χ3v) is 4.76. The van der Waals surface area contributed by atoms with Gasteiger partial charge in [0.15, 0.2) is 0 Å². The van der Waals surface area contributed by atoms with Crippen LogP contribution in [0.1, 0.15) is 5.69 Å². The van der Waals surface area contributed by atoms with Crippen LogP contribution in [0, 0.1) is 0 Å². The molecule has 1 aromatic carbocycles. The third kappa shape index (κ3) is 4.65. The predicted molar refractivity (Wildman–Crippen MR) is 110 cm³/mol. The van der Waals surface area contributed by atoms with Gasteiger partial charge in [-0.05, 0) is 24.3 Å². The number of pyridine rings is 1. The van der Waals surface area contributed by atoms with E-state index >= 15 is 0 Å². The molecule has 0 amide bonds. The largest absolute Gasteiger partial charge is 0.497 e. The fraction of sp³-hybridized carbons (Fsp3) is 0.250. The maximum Gasteiger partial charge on any atom is 0.206 e. The van der Waals surface area contributed by atoms with E-state index in [9.17, 15) is 0 Å². The molecule has 0 fully saturated rings. The van der Waals surface area contributed by atoms with Crippen LogP contribution in [0.15, 0.2) is 58.1 Å². The molecular formula is C20H22N4O3S. The summed E-state index contributed by atoms with van der Waals surface area (Å²) in [4.78, 5) is 9.65. The van der Waals surface area contributed by atoms with E-state index in [1.54, 1.807) is 38.4 Å². The summed E-state index contributed by atoms with van der Waals surface area (Å²) >= 11 is 1.51. The van der Waals surface area contributed by atoms with Gasteiger partial charge in [-0.1, -0.05) is 6.07 Å². The zero-order valence-electron chi connectivity index (χ0n) is 16.0. The molecule has 0 aliphatic carbocycles. The highest BCUT2D eigenvalue weighted by molar-refractivity contribution is 7.07. The van der Waals surface area contributed by atoms with Crippen LogP contribution >= 0.6 is 11.3 Å². The highest BCUT2D eigenvalue weighted by Crippen LogP contribution is 2.33. The Morgan fingerprint density at radius 1 is 1.14 bits per heavy atom. The number of hydrogen-bond donors (Lipinski definition) is 0. The van der Waals surface area contributed by atoms with Crippen molar-refractivity contribution in [2.75, 3.05) is 34.5 Å². The van der Waals surface area contributed by atoms with Gasteiger partial charge in [-0.15, -0.1) is 11.3 Å². The quantitative estimate of drug-likeness (QED) is 0.432. The van der Waals surface area contributed by atoms with Gasteiger partial charge in [-0.2, -0.15) is 5.10 Å². The Kier molecular flexibility index (Phi) is 6.94. The molecule has 7 nitrogen and oxygen atoms in total. The van der Waals surface area contributed by atoms with E-state index in [4.69, 9.17) is 14.2 Å². The first-order valence-electron chi connectivity index (χ1n) is 8.64. The highest BCUT2D eigenvalue weighted by atomic mass is 32.1. The second-order valence-corrected chi connectivity index (χ2v) is 6.49. The standard InChI is InChI=1S/C20H22N4O3S/c1-25-11-10-22-20-24(23-13-15-6-4-5-9-21-15)18(14-28-20)17-8-7-16(26-2)12-19(17)27-3/h4-9,12-14H,10-11H2,1-3H3/b22-20?,23-13-. The summed E-state index contributed by atoms with van der Waals surface area (Å²) in [6, 6.07) is 11.4. The second-order valence-electron chi connectivity index (χ2n) is 5.66. The average Bonchev–Trinajstić information content (AvgIpc) is 3.15. The normalized spacial score (nSPS) is 11.9. The fourth-order valence-corrected chi connectivity index (χ4v) is 3.37. The van der Waals surface area contributed by atoms with Gasteiger partial charge in [0.25, 0.3) is 0 Å². The highest BCUT2D eigenvalue weighted by Gasteiger charge is 2.13. The van der Waals surface area contributed by atoms with Crippen molar-refractivity contribution in [1.82, 2.24) is 9.66 Å². The molecule has 0 N–H and O–H groups in total. The molecule has 0 bridgehead atoms. The average molecular weight is 398 g/mol. The van der Waals surface area contributed by atoms with Crippen molar-refractivity contribution in [3.8, 4) is 22.8 Å². The number of benzene rings is 1. The van der Waals surface area contributed by atoms with Crippen LogP contribution in [-0.2, 0) is 4.74 Å². The first kappa shape index (κ1) is 19.8. The Hall–Kier alpha value is -2.97. The lowest BCUT2D eigenvalue weighted by Gasteiger charge is -2.10. The molecular weight excluding hydrogens is 376 g/mol. The molecule has 0 radical (unpaired) electrons. The zero-order chi connectivity index (χ0) is 19.8. The SMILES string of the molecule is COCCN=c1scc(-c2ccc(OC)cc2OC)n1/N=C\c1ccccn1. The maximum atomic E-state index is 5.56. The van der Waals surface area contributed by atoms with Gasteiger partial charge in [0.1, 0.15) is 11.5 Å². The van der Waals surface area contributed by atoms with Crippen molar-refractivity contribution in [2.24, 2.45) is 10.1 Å². The molecule has 28 heavy (non-hydrogen) atoms. The van der Waals surface area contributed by atoms with Crippen molar-refractivity contribution < 1.29 is 14.2 Å².